The number of nitrogens with one attached hydrogen (secondary N) is 1. The van der Waals surface area contributed by atoms with Gasteiger partial charge in [0.25, 0.3) is 0 Å². The molecule has 1 aliphatic rings. The van der Waals surface area contributed by atoms with Crippen molar-refractivity contribution in [1.82, 2.24) is 15.1 Å². The zero-order valence-electron chi connectivity index (χ0n) is 16.5. The molecule has 2 heterocycles. The molecule has 1 unspecified atom stereocenters. The summed E-state index contributed by atoms with van der Waals surface area (Å²) in [5, 5.41) is 11.8. The number of rotatable bonds is 7. The summed E-state index contributed by atoms with van der Waals surface area (Å²) in [5.74, 6) is 0.510. The molecule has 8 heteroatoms. The quantitative estimate of drug-likeness (QED) is 0.420. The highest BCUT2D eigenvalue weighted by molar-refractivity contribution is 8.00. The maximum absolute atomic E-state index is 13.1. The van der Waals surface area contributed by atoms with Crippen LogP contribution in [0.1, 0.15) is 24.0 Å². The summed E-state index contributed by atoms with van der Waals surface area (Å²) in [5.41, 5.74) is 2.29. The lowest BCUT2D eigenvalue weighted by Gasteiger charge is -2.31. The number of hydrogen-bond acceptors (Lipinski definition) is 6. The van der Waals surface area contributed by atoms with Gasteiger partial charge in [0.1, 0.15) is 5.82 Å². The van der Waals surface area contributed by atoms with Crippen LogP contribution in [0.3, 0.4) is 0 Å². The van der Waals surface area contributed by atoms with E-state index in [1.54, 1.807) is 23.9 Å². The molecule has 1 aromatic heterocycles. The summed E-state index contributed by atoms with van der Waals surface area (Å²) in [6.45, 7) is 2.36. The number of anilines is 1. The van der Waals surface area contributed by atoms with Gasteiger partial charge in [-0.2, -0.15) is 0 Å². The second-order valence-corrected chi connectivity index (χ2v) is 9.54. The number of hydrogen-bond donors (Lipinski definition) is 1. The number of nitrogens with zero attached hydrogens (tertiary/aromatic N) is 3. The number of piperidine rings is 1. The third kappa shape index (κ3) is 5.87. The number of benzene rings is 2. The van der Waals surface area contributed by atoms with Gasteiger partial charge in [-0.05, 0) is 42.6 Å². The first-order chi connectivity index (χ1) is 14.7. The number of halogens is 1. The Morgan fingerprint density at radius 2 is 1.93 bits per heavy atom. The second kappa shape index (κ2) is 10.1. The van der Waals surface area contributed by atoms with Crippen LogP contribution in [0.2, 0.25) is 0 Å². The van der Waals surface area contributed by atoms with Gasteiger partial charge in [-0.15, -0.1) is 10.2 Å². The van der Waals surface area contributed by atoms with E-state index in [1.807, 2.05) is 18.2 Å². The predicted octanol–water partition coefficient (Wildman–Crippen LogP) is 4.82. The van der Waals surface area contributed by atoms with E-state index < -0.39 is 0 Å². The molecule has 1 fully saturated rings. The first-order valence-electron chi connectivity index (χ1n) is 9.93. The number of aromatic nitrogens is 2. The molecule has 5 nitrogen and oxygen atoms in total. The molecule has 0 aliphatic carbocycles. The zero-order valence-corrected chi connectivity index (χ0v) is 18.1. The molecule has 1 amide bonds. The molecular weight excluding hydrogens is 419 g/mol. The standard InChI is InChI=1S/C22H23FN4OS2/c23-19-10-8-16(9-11-19)13-27-12-4-7-18(14-27)20(28)24-21-25-26-22(30-21)29-15-17-5-2-1-3-6-17/h1-3,5-6,8-11,18H,4,7,12-15H2,(H,24,25,28). The molecule has 0 bridgehead atoms. The molecule has 3 aromatic rings. The van der Waals surface area contributed by atoms with Gasteiger partial charge in [0.05, 0.1) is 5.92 Å². The highest BCUT2D eigenvalue weighted by Gasteiger charge is 2.26. The minimum atomic E-state index is -0.229. The first kappa shape index (κ1) is 21.0. The van der Waals surface area contributed by atoms with Gasteiger partial charge in [0.2, 0.25) is 11.0 Å². The normalized spacial score (nSPS) is 17.0. The van der Waals surface area contributed by atoms with E-state index in [9.17, 15) is 9.18 Å². The maximum atomic E-state index is 13.1. The molecular formula is C22H23FN4OS2. The smallest absolute Gasteiger partial charge is 0.230 e. The molecule has 4 rings (SSSR count). The number of carbonyl (C=O) groups excluding carboxylic acids is 1. The van der Waals surface area contributed by atoms with E-state index in [4.69, 9.17) is 0 Å². The van der Waals surface area contributed by atoms with Gasteiger partial charge < -0.3 is 5.32 Å². The van der Waals surface area contributed by atoms with E-state index in [0.29, 0.717) is 11.7 Å². The summed E-state index contributed by atoms with van der Waals surface area (Å²) in [6, 6.07) is 16.8. The van der Waals surface area contributed by atoms with Crippen molar-refractivity contribution in [3.05, 3.63) is 71.5 Å². The highest BCUT2D eigenvalue weighted by atomic mass is 32.2. The Balaban J connectivity index is 1.28. The van der Waals surface area contributed by atoms with Crippen molar-refractivity contribution in [2.45, 2.75) is 29.5 Å². The molecule has 2 aromatic carbocycles. The number of thioether (sulfide) groups is 1. The molecule has 1 atom stereocenters. The Kier molecular flexibility index (Phi) is 7.09. The zero-order chi connectivity index (χ0) is 20.8. The number of likely N-dealkylation sites (tertiary alicyclic amines) is 1. The average molecular weight is 443 g/mol. The minimum absolute atomic E-state index is 0.00503. The highest BCUT2D eigenvalue weighted by Crippen LogP contribution is 2.29. The predicted molar refractivity (Wildman–Crippen MR) is 119 cm³/mol. The van der Waals surface area contributed by atoms with Crippen molar-refractivity contribution in [2.75, 3.05) is 18.4 Å². The van der Waals surface area contributed by atoms with E-state index in [0.717, 1.165) is 41.6 Å². The van der Waals surface area contributed by atoms with Crippen molar-refractivity contribution in [3.63, 3.8) is 0 Å². The summed E-state index contributed by atoms with van der Waals surface area (Å²) in [7, 11) is 0. The van der Waals surface area contributed by atoms with Gasteiger partial charge in [-0.25, -0.2) is 4.39 Å². The summed E-state index contributed by atoms with van der Waals surface area (Å²) >= 11 is 3.03. The fraction of sp³-hybridized carbons (Fsp3) is 0.318. The van der Waals surface area contributed by atoms with Crippen LogP contribution >= 0.6 is 23.1 Å². The topological polar surface area (TPSA) is 58.1 Å². The second-order valence-electron chi connectivity index (χ2n) is 7.34. The summed E-state index contributed by atoms with van der Waals surface area (Å²) < 4.78 is 13.9. The van der Waals surface area contributed by atoms with Crippen molar-refractivity contribution in [3.8, 4) is 0 Å². The minimum Gasteiger partial charge on any atom is -0.300 e. The molecule has 1 saturated heterocycles. The lowest BCUT2D eigenvalue weighted by molar-refractivity contribution is -0.121. The molecule has 0 spiro atoms. The van der Waals surface area contributed by atoms with Crippen molar-refractivity contribution in [2.24, 2.45) is 5.92 Å². The van der Waals surface area contributed by atoms with Crippen LogP contribution in [0, 0.1) is 11.7 Å². The van der Waals surface area contributed by atoms with E-state index in [1.165, 1.54) is 29.0 Å². The van der Waals surface area contributed by atoms with Gasteiger partial charge >= 0.3 is 0 Å². The van der Waals surface area contributed by atoms with E-state index >= 15 is 0 Å². The van der Waals surface area contributed by atoms with Gasteiger partial charge in [0.15, 0.2) is 4.34 Å². The van der Waals surface area contributed by atoms with Crippen LogP contribution in [0.25, 0.3) is 0 Å². The molecule has 30 heavy (non-hydrogen) atoms. The number of carbonyl (C=O) groups is 1. The Labute approximate surface area is 183 Å². The fourth-order valence-electron chi connectivity index (χ4n) is 3.51. The lowest BCUT2D eigenvalue weighted by Crippen LogP contribution is -2.40. The fourth-order valence-corrected chi connectivity index (χ4v) is 5.22. The molecule has 1 N–H and O–H groups in total. The van der Waals surface area contributed by atoms with E-state index in [2.05, 4.69) is 32.5 Å². The number of amides is 1. The van der Waals surface area contributed by atoms with Crippen LogP contribution in [0.15, 0.2) is 58.9 Å². The van der Waals surface area contributed by atoms with Crippen LogP contribution in [-0.4, -0.2) is 34.1 Å². The van der Waals surface area contributed by atoms with Gasteiger partial charge in [-0.3, -0.25) is 9.69 Å². The lowest BCUT2D eigenvalue weighted by atomic mass is 9.97. The Bertz CT molecular complexity index is 965. The summed E-state index contributed by atoms with van der Waals surface area (Å²) in [4.78, 5) is 15.0. The largest absolute Gasteiger partial charge is 0.300 e. The third-order valence-corrected chi connectivity index (χ3v) is 7.08. The molecule has 0 saturated carbocycles. The van der Waals surface area contributed by atoms with Crippen molar-refractivity contribution < 1.29 is 9.18 Å². The van der Waals surface area contributed by atoms with Gasteiger partial charge in [-0.1, -0.05) is 65.6 Å². The SMILES string of the molecule is O=C(Nc1nnc(SCc2ccccc2)s1)C1CCCN(Cc2ccc(F)cc2)C1. The van der Waals surface area contributed by atoms with Crippen molar-refractivity contribution >= 4 is 34.1 Å². The maximum Gasteiger partial charge on any atom is 0.230 e. The molecule has 0 radical (unpaired) electrons. The summed E-state index contributed by atoms with van der Waals surface area (Å²) in [6.07, 6.45) is 1.83. The molecule has 1 aliphatic heterocycles. The Morgan fingerprint density at radius 3 is 2.73 bits per heavy atom. The van der Waals surface area contributed by atoms with Crippen LogP contribution in [0.5, 0.6) is 0 Å². The van der Waals surface area contributed by atoms with Crippen LogP contribution < -0.4 is 5.32 Å². The Hall–Kier alpha value is -2.29. The monoisotopic (exact) mass is 442 g/mol. The van der Waals surface area contributed by atoms with Crippen molar-refractivity contribution in [1.29, 1.82) is 0 Å². The molecule has 156 valence electrons. The van der Waals surface area contributed by atoms with Gasteiger partial charge in [0, 0.05) is 18.8 Å². The van der Waals surface area contributed by atoms with Crippen LogP contribution in [-0.2, 0) is 17.1 Å². The van der Waals surface area contributed by atoms with Crippen LogP contribution in [0.4, 0.5) is 9.52 Å². The first-order valence-corrected chi connectivity index (χ1v) is 11.7. The average Bonchev–Trinajstić information content (AvgIpc) is 3.22. The Morgan fingerprint density at radius 1 is 1.13 bits per heavy atom. The van der Waals surface area contributed by atoms with E-state index in [-0.39, 0.29) is 17.6 Å². The third-order valence-electron chi connectivity index (χ3n) is 5.04.